The normalized spacial score (nSPS) is 11.6. The molecular weight excluding hydrogens is 188 g/mol. The largest absolute Gasteiger partial charge is 0.390 e. The molecule has 1 unspecified atom stereocenters. The van der Waals surface area contributed by atoms with Gasteiger partial charge in [0.2, 0.25) is 0 Å². The van der Waals surface area contributed by atoms with Crippen LogP contribution in [-0.2, 0) is 11.3 Å². The molecule has 1 aromatic rings. The number of aliphatic hydroxyl groups excluding tert-OH is 1. The third kappa shape index (κ3) is 5.21. The molecule has 0 aromatic heterocycles. The number of ether oxygens (including phenoxy) is 1. The van der Waals surface area contributed by atoms with Crippen molar-refractivity contribution in [2.75, 3.05) is 6.61 Å². The summed E-state index contributed by atoms with van der Waals surface area (Å²) >= 11 is 0. The number of aliphatic hydroxyl groups is 1. The van der Waals surface area contributed by atoms with Crippen molar-refractivity contribution in [3.05, 3.63) is 35.9 Å². The summed E-state index contributed by atoms with van der Waals surface area (Å²) in [7, 11) is 0. The van der Waals surface area contributed by atoms with Gasteiger partial charge in [0.15, 0.2) is 0 Å². The van der Waals surface area contributed by atoms with Crippen LogP contribution in [0.5, 0.6) is 0 Å². The highest BCUT2D eigenvalue weighted by molar-refractivity contribution is 5.13. The molecular formula is C13H16O2. The maximum Gasteiger partial charge on any atom is 0.0882 e. The summed E-state index contributed by atoms with van der Waals surface area (Å²) in [4.78, 5) is 0. The van der Waals surface area contributed by atoms with Crippen molar-refractivity contribution >= 4 is 0 Å². The standard InChI is InChI=1S/C13H16O2/c1-2-3-9-13(14)11-15-10-12-7-5-4-6-8-12/h4-8,13-14H,9-11H2,1H3. The Morgan fingerprint density at radius 3 is 2.73 bits per heavy atom. The molecule has 0 bridgehead atoms. The minimum Gasteiger partial charge on any atom is -0.390 e. The minimum absolute atomic E-state index is 0.337. The summed E-state index contributed by atoms with van der Waals surface area (Å²) in [5.74, 6) is 5.56. The van der Waals surface area contributed by atoms with Crippen LogP contribution in [-0.4, -0.2) is 17.8 Å². The molecule has 0 saturated carbocycles. The van der Waals surface area contributed by atoms with Crippen LogP contribution < -0.4 is 0 Å². The van der Waals surface area contributed by atoms with E-state index in [1.165, 1.54) is 0 Å². The Labute approximate surface area is 90.9 Å². The van der Waals surface area contributed by atoms with Gasteiger partial charge in [0.1, 0.15) is 0 Å². The van der Waals surface area contributed by atoms with Gasteiger partial charge in [-0.05, 0) is 12.5 Å². The predicted molar refractivity (Wildman–Crippen MR) is 60.2 cm³/mol. The van der Waals surface area contributed by atoms with Gasteiger partial charge in [-0.1, -0.05) is 30.3 Å². The Balaban J connectivity index is 2.18. The van der Waals surface area contributed by atoms with Crippen LogP contribution in [0, 0.1) is 11.8 Å². The maximum atomic E-state index is 9.43. The van der Waals surface area contributed by atoms with Gasteiger partial charge in [-0.3, -0.25) is 0 Å². The third-order valence-corrected chi connectivity index (χ3v) is 1.94. The lowest BCUT2D eigenvalue weighted by Gasteiger charge is -2.08. The first-order chi connectivity index (χ1) is 7.33. The van der Waals surface area contributed by atoms with Gasteiger partial charge in [-0.2, -0.15) is 0 Å². The fraction of sp³-hybridized carbons (Fsp3) is 0.385. The van der Waals surface area contributed by atoms with E-state index in [1.54, 1.807) is 6.92 Å². The minimum atomic E-state index is -0.485. The summed E-state index contributed by atoms with van der Waals surface area (Å²) in [6, 6.07) is 9.90. The highest BCUT2D eigenvalue weighted by Crippen LogP contribution is 2.01. The van der Waals surface area contributed by atoms with Crippen LogP contribution >= 0.6 is 0 Å². The molecule has 0 spiro atoms. The van der Waals surface area contributed by atoms with Crippen molar-refractivity contribution in [1.29, 1.82) is 0 Å². The van der Waals surface area contributed by atoms with Gasteiger partial charge in [0, 0.05) is 6.42 Å². The third-order valence-electron chi connectivity index (χ3n) is 1.94. The van der Waals surface area contributed by atoms with Crippen LogP contribution in [0.3, 0.4) is 0 Å². The van der Waals surface area contributed by atoms with Crippen LogP contribution in [0.25, 0.3) is 0 Å². The molecule has 0 radical (unpaired) electrons. The molecule has 15 heavy (non-hydrogen) atoms. The van der Waals surface area contributed by atoms with Crippen molar-refractivity contribution in [2.45, 2.75) is 26.1 Å². The van der Waals surface area contributed by atoms with E-state index < -0.39 is 6.10 Å². The van der Waals surface area contributed by atoms with Crippen molar-refractivity contribution in [1.82, 2.24) is 0 Å². The van der Waals surface area contributed by atoms with Crippen molar-refractivity contribution in [3.63, 3.8) is 0 Å². The summed E-state index contributed by atoms with van der Waals surface area (Å²) < 4.78 is 5.36. The van der Waals surface area contributed by atoms with Crippen LogP contribution in [0.15, 0.2) is 30.3 Å². The number of benzene rings is 1. The Morgan fingerprint density at radius 1 is 1.33 bits per heavy atom. The van der Waals surface area contributed by atoms with E-state index in [0.29, 0.717) is 19.6 Å². The quantitative estimate of drug-likeness (QED) is 0.743. The molecule has 0 fully saturated rings. The molecule has 0 aliphatic heterocycles. The maximum absolute atomic E-state index is 9.43. The van der Waals surface area contributed by atoms with Crippen LogP contribution in [0.4, 0.5) is 0 Å². The monoisotopic (exact) mass is 204 g/mol. The molecule has 0 heterocycles. The first-order valence-electron chi connectivity index (χ1n) is 5.02. The van der Waals surface area contributed by atoms with E-state index in [4.69, 9.17) is 4.74 Å². The Hall–Kier alpha value is -1.30. The molecule has 2 heteroatoms. The first kappa shape index (κ1) is 11.8. The van der Waals surface area contributed by atoms with E-state index in [9.17, 15) is 5.11 Å². The van der Waals surface area contributed by atoms with E-state index >= 15 is 0 Å². The fourth-order valence-electron chi connectivity index (χ4n) is 1.17. The second-order valence-electron chi connectivity index (χ2n) is 3.29. The lowest BCUT2D eigenvalue weighted by molar-refractivity contribution is 0.0311. The Kier molecular flexibility index (Phi) is 5.54. The van der Waals surface area contributed by atoms with Gasteiger partial charge >= 0.3 is 0 Å². The molecule has 1 atom stereocenters. The molecule has 1 N–H and O–H groups in total. The van der Waals surface area contributed by atoms with Gasteiger partial charge in [0.25, 0.3) is 0 Å². The zero-order valence-corrected chi connectivity index (χ0v) is 8.94. The van der Waals surface area contributed by atoms with Crippen molar-refractivity contribution in [2.24, 2.45) is 0 Å². The predicted octanol–water partition coefficient (Wildman–Crippen LogP) is 1.98. The molecule has 80 valence electrons. The fourth-order valence-corrected chi connectivity index (χ4v) is 1.17. The second-order valence-corrected chi connectivity index (χ2v) is 3.29. The second kappa shape index (κ2) is 7.05. The summed E-state index contributed by atoms with van der Waals surface area (Å²) in [6.45, 7) is 2.64. The molecule has 1 aromatic carbocycles. The van der Waals surface area contributed by atoms with E-state index in [1.807, 2.05) is 30.3 Å². The topological polar surface area (TPSA) is 29.5 Å². The smallest absolute Gasteiger partial charge is 0.0882 e. The highest BCUT2D eigenvalue weighted by Gasteiger charge is 2.01. The number of rotatable bonds is 5. The average Bonchev–Trinajstić information content (AvgIpc) is 2.28. The Bertz CT molecular complexity index is 321. The molecule has 0 aliphatic carbocycles. The van der Waals surface area contributed by atoms with Crippen LogP contribution in [0.1, 0.15) is 18.9 Å². The zero-order valence-electron chi connectivity index (χ0n) is 8.94. The molecule has 0 saturated heterocycles. The summed E-state index contributed by atoms with van der Waals surface area (Å²) in [5, 5.41) is 9.43. The highest BCUT2D eigenvalue weighted by atomic mass is 16.5. The molecule has 0 aliphatic rings. The molecule has 0 amide bonds. The first-order valence-corrected chi connectivity index (χ1v) is 5.02. The van der Waals surface area contributed by atoms with Gasteiger partial charge < -0.3 is 9.84 Å². The lowest BCUT2D eigenvalue weighted by Crippen LogP contribution is -2.14. The van der Waals surface area contributed by atoms with Crippen molar-refractivity contribution < 1.29 is 9.84 Å². The average molecular weight is 204 g/mol. The van der Waals surface area contributed by atoms with Gasteiger partial charge in [-0.15, -0.1) is 11.8 Å². The van der Waals surface area contributed by atoms with Crippen LogP contribution in [0.2, 0.25) is 0 Å². The SMILES string of the molecule is CC#CCC(O)COCc1ccccc1. The van der Waals surface area contributed by atoms with Gasteiger partial charge in [-0.25, -0.2) is 0 Å². The lowest BCUT2D eigenvalue weighted by atomic mass is 10.2. The van der Waals surface area contributed by atoms with E-state index in [0.717, 1.165) is 5.56 Å². The Morgan fingerprint density at radius 2 is 2.07 bits per heavy atom. The molecule has 2 nitrogen and oxygen atoms in total. The number of hydrogen-bond donors (Lipinski definition) is 1. The van der Waals surface area contributed by atoms with Crippen molar-refractivity contribution in [3.8, 4) is 11.8 Å². The summed E-state index contributed by atoms with van der Waals surface area (Å²) in [5.41, 5.74) is 1.12. The zero-order chi connectivity index (χ0) is 10.9. The van der Waals surface area contributed by atoms with E-state index in [-0.39, 0.29) is 0 Å². The number of hydrogen-bond acceptors (Lipinski definition) is 2. The summed E-state index contributed by atoms with van der Waals surface area (Å²) in [6.07, 6.45) is -0.00757. The molecule has 1 rings (SSSR count). The van der Waals surface area contributed by atoms with E-state index in [2.05, 4.69) is 11.8 Å². The van der Waals surface area contributed by atoms with Gasteiger partial charge in [0.05, 0.1) is 19.3 Å².